The number of nitro groups is 1. The lowest BCUT2D eigenvalue weighted by Gasteiger charge is -2.18. The van der Waals surface area contributed by atoms with Crippen molar-refractivity contribution in [2.75, 3.05) is 25.6 Å². The van der Waals surface area contributed by atoms with Crippen LogP contribution in [0.2, 0.25) is 0 Å². The minimum absolute atomic E-state index is 0.0907. The van der Waals surface area contributed by atoms with Crippen LogP contribution in [0.5, 0.6) is 0 Å². The highest BCUT2D eigenvalue weighted by Gasteiger charge is 2.14. The van der Waals surface area contributed by atoms with Crippen molar-refractivity contribution in [3.05, 3.63) is 26.9 Å². The third kappa shape index (κ3) is 3.66. The van der Waals surface area contributed by atoms with E-state index in [0.29, 0.717) is 16.8 Å². The van der Waals surface area contributed by atoms with Crippen molar-refractivity contribution in [1.29, 1.82) is 0 Å². The highest BCUT2D eigenvalue weighted by Crippen LogP contribution is 2.26. The van der Waals surface area contributed by atoms with Crippen LogP contribution in [-0.2, 0) is 9.53 Å². The summed E-state index contributed by atoms with van der Waals surface area (Å²) < 4.78 is 5.03. The Bertz CT molecular complexity index is 466. The number of hydrogen-bond acceptors (Lipinski definition) is 6. The average molecular weight is 318 g/mol. The Kier molecular flexibility index (Phi) is 5.02. The molecule has 8 heteroatoms. The van der Waals surface area contributed by atoms with Gasteiger partial charge in [-0.2, -0.15) is 0 Å². The Morgan fingerprint density at radius 3 is 2.83 bits per heavy atom. The van der Waals surface area contributed by atoms with Crippen molar-refractivity contribution in [2.24, 2.45) is 0 Å². The van der Waals surface area contributed by atoms with Crippen molar-refractivity contribution in [1.82, 2.24) is 4.98 Å². The second-order valence-electron chi connectivity index (χ2n) is 3.50. The van der Waals surface area contributed by atoms with Crippen LogP contribution in [-0.4, -0.2) is 36.6 Å². The van der Waals surface area contributed by atoms with Gasteiger partial charge in [0.05, 0.1) is 22.9 Å². The first kappa shape index (κ1) is 14.4. The van der Waals surface area contributed by atoms with Gasteiger partial charge in [0.2, 0.25) is 0 Å². The summed E-state index contributed by atoms with van der Waals surface area (Å²) >= 11 is 3.22. The second-order valence-corrected chi connectivity index (χ2v) is 4.36. The minimum atomic E-state index is -0.518. The maximum absolute atomic E-state index is 11.0. The number of nitrogens with zero attached hydrogens (tertiary/aromatic N) is 3. The molecule has 98 valence electrons. The zero-order chi connectivity index (χ0) is 13.7. The van der Waals surface area contributed by atoms with Gasteiger partial charge in [-0.3, -0.25) is 14.9 Å². The van der Waals surface area contributed by atoms with E-state index < -0.39 is 4.92 Å². The van der Waals surface area contributed by atoms with E-state index in [1.807, 2.05) is 0 Å². The Morgan fingerprint density at radius 1 is 1.67 bits per heavy atom. The number of pyridine rings is 1. The first-order valence-corrected chi connectivity index (χ1v) is 5.83. The van der Waals surface area contributed by atoms with E-state index in [9.17, 15) is 14.9 Å². The summed E-state index contributed by atoms with van der Waals surface area (Å²) in [4.78, 5) is 26.7. The van der Waals surface area contributed by atoms with Crippen molar-refractivity contribution < 1.29 is 14.5 Å². The predicted octanol–water partition coefficient (Wildman–Crippen LogP) is 1.75. The van der Waals surface area contributed by atoms with Gasteiger partial charge in [0, 0.05) is 19.7 Å². The molecular weight excluding hydrogens is 306 g/mol. The Labute approximate surface area is 112 Å². The number of carbonyl (C=O) groups excluding carboxylic acids is 1. The number of esters is 1. The molecule has 7 nitrogen and oxygen atoms in total. The molecule has 18 heavy (non-hydrogen) atoms. The van der Waals surface area contributed by atoms with E-state index in [0.717, 1.165) is 0 Å². The van der Waals surface area contributed by atoms with Gasteiger partial charge in [-0.15, -0.1) is 0 Å². The molecule has 1 heterocycles. The van der Waals surface area contributed by atoms with Crippen molar-refractivity contribution in [3.63, 3.8) is 0 Å². The summed E-state index contributed by atoms with van der Waals surface area (Å²) in [6.07, 6.45) is 1.40. The quantitative estimate of drug-likeness (QED) is 0.467. The first-order chi connectivity index (χ1) is 8.45. The highest BCUT2D eigenvalue weighted by atomic mass is 79.9. The lowest BCUT2D eigenvalue weighted by Crippen LogP contribution is -2.22. The molecule has 0 amide bonds. The van der Waals surface area contributed by atoms with Crippen LogP contribution in [0.25, 0.3) is 0 Å². The Morgan fingerprint density at radius 2 is 2.33 bits per heavy atom. The SMILES string of the molecule is COC(=O)CCN(C)c1ncc([N+](=O)[O-])cc1Br. The fraction of sp³-hybridized carbons (Fsp3) is 0.400. The Hall–Kier alpha value is -1.70. The molecule has 0 aliphatic heterocycles. The number of carbonyl (C=O) groups is 1. The fourth-order valence-corrected chi connectivity index (χ4v) is 1.91. The highest BCUT2D eigenvalue weighted by molar-refractivity contribution is 9.10. The topological polar surface area (TPSA) is 85.6 Å². The molecule has 1 aromatic rings. The molecule has 0 N–H and O–H groups in total. The number of halogens is 1. The van der Waals surface area contributed by atoms with E-state index in [1.54, 1.807) is 11.9 Å². The van der Waals surface area contributed by atoms with Crippen LogP contribution in [0.3, 0.4) is 0 Å². The lowest BCUT2D eigenvalue weighted by atomic mass is 10.3. The third-order valence-electron chi connectivity index (χ3n) is 2.26. The number of hydrogen-bond donors (Lipinski definition) is 0. The molecule has 0 aromatic carbocycles. The predicted molar refractivity (Wildman–Crippen MR) is 68.5 cm³/mol. The van der Waals surface area contributed by atoms with Crippen molar-refractivity contribution >= 4 is 33.4 Å². The molecule has 1 rings (SSSR count). The van der Waals surface area contributed by atoms with E-state index in [4.69, 9.17) is 0 Å². The van der Waals surface area contributed by atoms with E-state index >= 15 is 0 Å². The molecule has 0 unspecified atom stereocenters. The molecule has 0 aliphatic carbocycles. The summed E-state index contributed by atoms with van der Waals surface area (Å²) in [5.41, 5.74) is -0.0907. The van der Waals surface area contributed by atoms with Crippen LogP contribution in [0, 0.1) is 10.1 Å². The smallest absolute Gasteiger partial charge is 0.307 e. The summed E-state index contributed by atoms with van der Waals surface area (Å²) in [5.74, 6) is 0.212. The summed E-state index contributed by atoms with van der Waals surface area (Å²) in [5, 5.41) is 10.6. The second kappa shape index (κ2) is 6.29. The molecule has 0 saturated carbocycles. The van der Waals surface area contributed by atoms with Crippen LogP contribution in [0.1, 0.15) is 6.42 Å². The zero-order valence-corrected chi connectivity index (χ0v) is 11.5. The standard InChI is InChI=1S/C10H12BrN3O4/c1-13(4-3-9(15)18-2)10-8(11)5-7(6-12-10)14(16)17/h5-6H,3-4H2,1-2H3. The van der Waals surface area contributed by atoms with Gasteiger partial charge in [0.25, 0.3) is 5.69 Å². The van der Waals surface area contributed by atoms with Gasteiger partial charge < -0.3 is 9.64 Å². The zero-order valence-electron chi connectivity index (χ0n) is 9.92. The monoisotopic (exact) mass is 317 g/mol. The molecule has 1 aromatic heterocycles. The first-order valence-electron chi connectivity index (χ1n) is 5.03. The number of aromatic nitrogens is 1. The van der Waals surface area contributed by atoms with Crippen LogP contribution < -0.4 is 4.90 Å². The van der Waals surface area contributed by atoms with E-state index in [1.165, 1.54) is 19.4 Å². The molecule has 0 atom stereocenters. The van der Waals surface area contributed by atoms with Gasteiger partial charge >= 0.3 is 5.97 Å². The maximum Gasteiger partial charge on any atom is 0.307 e. The number of methoxy groups -OCH3 is 1. The van der Waals surface area contributed by atoms with Crippen LogP contribution >= 0.6 is 15.9 Å². The van der Waals surface area contributed by atoms with Gasteiger partial charge in [-0.1, -0.05) is 0 Å². The van der Waals surface area contributed by atoms with Gasteiger partial charge in [0.1, 0.15) is 12.0 Å². The van der Waals surface area contributed by atoms with Gasteiger partial charge in [-0.25, -0.2) is 4.98 Å². The molecule has 0 saturated heterocycles. The lowest BCUT2D eigenvalue weighted by molar-refractivity contribution is -0.385. The third-order valence-corrected chi connectivity index (χ3v) is 2.84. The van der Waals surface area contributed by atoms with Crippen molar-refractivity contribution in [2.45, 2.75) is 6.42 Å². The van der Waals surface area contributed by atoms with Crippen LogP contribution in [0.15, 0.2) is 16.7 Å². The molecule has 0 aliphatic rings. The van der Waals surface area contributed by atoms with Gasteiger partial charge in [0.15, 0.2) is 0 Å². The average Bonchev–Trinajstić information content (AvgIpc) is 2.35. The summed E-state index contributed by atoms with van der Waals surface area (Å²) in [6, 6.07) is 1.37. The molecule has 0 bridgehead atoms. The normalized spacial score (nSPS) is 9.94. The molecule has 0 radical (unpaired) electrons. The van der Waals surface area contributed by atoms with Crippen LogP contribution in [0.4, 0.5) is 11.5 Å². The number of rotatable bonds is 5. The van der Waals surface area contributed by atoms with Gasteiger partial charge in [-0.05, 0) is 15.9 Å². The van der Waals surface area contributed by atoms with Crippen molar-refractivity contribution in [3.8, 4) is 0 Å². The minimum Gasteiger partial charge on any atom is -0.469 e. The summed E-state index contributed by atoms with van der Waals surface area (Å²) in [6.45, 7) is 0.413. The maximum atomic E-state index is 11.0. The molecule has 0 spiro atoms. The number of anilines is 1. The van der Waals surface area contributed by atoms with E-state index in [-0.39, 0.29) is 18.1 Å². The molecular formula is C10H12BrN3O4. The Balaban J connectivity index is 2.77. The number of ether oxygens (including phenoxy) is 1. The summed E-state index contributed by atoms with van der Waals surface area (Å²) in [7, 11) is 3.06. The van der Waals surface area contributed by atoms with E-state index in [2.05, 4.69) is 25.7 Å². The fourth-order valence-electron chi connectivity index (χ4n) is 1.27. The molecule has 0 fully saturated rings. The largest absolute Gasteiger partial charge is 0.469 e.